The molecule has 0 bridgehead atoms. The molecule has 0 atom stereocenters. The molecule has 0 fully saturated rings. The maximum atomic E-state index is 11.5. The van der Waals surface area contributed by atoms with Gasteiger partial charge in [0.25, 0.3) is 0 Å². The minimum Gasteiger partial charge on any atom is -0.506 e. The lowest BCUT2D eigenvalue weighted by molar-refractivity contribution is -0.141. The largest absolute Gasteiger partial charge is 0.506 e. The first kappa shape index (κ1) is 31.9. The molecule has 38 heavy (non-hydrogen) atoms. The van der Waals surface area contributed by atoms with Gasteiger partial charge in [-0.3, -0.25) is 9.59 Å². The first-order chi connectivity index (χ1) is 17.7. The Bertz CT molecular complexity index is 1050. The molecule has 2 aromatic carbocycles. The molecule has 0 aromatic heterocycles. The zero-order valence-corrected chi connectivity index (χ0v) is 25.5. The smallest absolute Gasteiger partial charge is 0.305 e. The zero-order chi connectivity index (χ0) is 28.7. The molecule has 0 saturated heterocycles. The summed E-state index contributed by atoms with van der Waals surface area (Å²) in [6.45, 7) is 12.3. The fraction of sp³-hybridized carbons (Fsp3) is 0.533. The fourth-order valence-corrected chi connectivity index (χ4v) is 6.65. The van der Waals surface area contributed by atoms with Gasteiger partial charge in [0.2, 0.25) is 0 Å². The number of aromatic hydroxyl groups is 2. The first-order valence-electron chi connectivity index (χ1n) is 12.9. The molecule has 2 rings (SSSR count). The molecule has 210 valence electrons. The maximum Gasteiger partial charge on any atom is 0.305 e. The number of hydrogen-bond acceptors (Lipinski definition) is 8. The molecule has 8 heteroatoms. The van der Waals surface area contributed by atoms with Gasteiger partial charge in [-0.2, -0.15) is 0 Å². The van der Waals surface area contributed by atoms with Crippen LogP contribution in [-0.2, 0) is 29.9 Å². The summed E-state index contributed by atoms with van der Waals surface area (Å²) in [5, 5.41) is 21.6. The summed E-state index contributed by atoms with van der Waals surface area (Å²) in [7, 11) is 5.63. The predicted molar refractivity (Wildman–Crippen MR) is 155 cm³/mol. The van der Waals surface area contributed by atoms with E-state index in [4.69, 9.17) is 9.47 Å². The van der Waals surface area contributed by atoms with Gasteiger partial charge in [-0.15, -0.1) is 0 Å². The molecule has 0 heterocycles. The fourth-order valence-electron chi connectivity index (χ4n) is 4.33. The monoisotopic (exact) mass is 562 g/mol. The van der Waals surface area contributed by atoms with Gasteiger partial charge in [0.1, 0.15) is 11.5 Å². The zero-order valence-electron chi connectivity index (χ0n) is 23.9. The lowest BCUT2D eigenvalue weighted by Gasteiger charge is -2.27. The summed E-state index contributed by atoms with van der Waals surface area (Å²) in [5.74, 6) is 0.0397. The molecule has 0 aliphatic heterocycles. The summed E-state index contributed by atoms with van der Waals surface area (Å²) < 4.78 is 9.52. The molecular weight excluding hydrogens is 520 g/mol. The van der Waals surface area contributed by atoms with Crippen LogP contribution in [0.4, 0.5) is 0 Å². The number of rotatable bonds is 13. The minimum absolute atomic E-state index is 0.195. The minimum atomic E-state index is -0.209. The third-order valence-corrected chi connectivity index (χ3v) is 9.53. The van der Waals surface area contributed by atoms with E-state index in [1.54, 1.807) is 0 Å². The first-order valence-corrected chi connectivity index (χ1v) is 15.0. The SMILES string of the molecule is COC(=O)CCCC(C)(C)c1cc(C)c(O)c(SSc2cc(C(C)(C)CCCC(=O)OC)cc(C)c2O)c1. The van der Waals surface area contributed by atoms with E-state index in [1.165, 1.54) is 35.8 Å². The Labute approximate surface area is 235 Å². The topological polar surface area (TPSA) is 93.1 Å². The Morgan fingerprint density at radius 1 is 0.711 bits per heavy atom. The predicted octanol–water partition coefficient (Wildman–Crippen LogP) is 7.76. The van der Waals surface area contributed by atoms with Gasteiger partial charge in [0.05, 0.1) is 24.0 Å². The van der Waals surface area contributed by atoms with Crippen LogP contribution in [0.15, 0.2) is 34.1 Å². The Balaban J connectivity index is 2.24. The van der Waals surface area contributed by atoms with Gasteiger partial charge < -0.3 is 19.7 Å². The van der Waals surface area contributed by atoms with Crippen LogP contribution in [0.1, 0.15) is 88.5 Å². The second-order valence-corrected chi connectivity index (χ2v) is 13.3. The second-order valence-electron chi connectivity index (χ2n) is 11.1. The molecule has 6 nitrogen and oxygen atoms in total. The average Bonchev–Trinajstić information content (AvgIpc) is 2.86. The van der Waals surface area contributed by atoms with Crippen LogP contribution >= 0.6 is 21.6 Å². The van der Waals surface area contributed by atoms with Crippen molar-refractivity contribution >= 4 is 33.5 Å². The van der Waals surface area contributed by atoms with Crippen LogP contribution in [-0.4, -0.2) is 36.4 Å². The van der Waals surface area contributed by atoms with E-state index in [-0.39, 0.29) is 34.3 Å². The lowest BCUT2D eigenvalue weighted by Crippen LogP contribution is -2.18. The number of phenolic OH excluding ortho intramolecular Hbond substituents is 2. The third-order valence-electron chi connectivity index (χ3n) is 7.14. The Hall–Kier alpha value is -2.32. The number of hydrogen-bond donors (Lipinski definition) is 2. The average molecular weight is 563 g/mol. The number of methoxy groups -OCH3 is 2. The highest BCUT2D eigenvalue weighted by molar-refractivity contribution is 8.76. The Kier molecular flexibility index (Phi) is 11.5. The van der Waals surface area contributed by atoms with Gasteiger partial charge in [-0.1, -0.05) is 39.8 Å². The molecule has 0 radical (unpaired) electrons. The number of carbonyl (C=O) groups is 2. The number of aryl methyl sites for hydroxylation is 2. The molecule has 0 aliphatic rings. The van der Waals surface area contributed by atoms with Crippen molar-refractivity contribution in [3.05, 3.63) is 46.5 Å². The number of phenols is 2. The molecule has 2 aromatic rings. The van der Waals surface area contributed by atoms with Crippen molar-refractivity contribution in [1.82, 2.24) is 0 Å². The van der Waals surface area contributed by atoms with E-state index in [9.17, 15) is 19.8 Å². The molecule has 0 amide bonds. The Morgan fingerprint density at radius 3 is 1.37 bits per heavy atom. The number of carbonyl (C=O) groups excluding carboxylic acids is 2. The van der Waals surface area contributed by atoms with Crippen molar-refractivity contribution in [3.63, 3.8) is 0 Å². The number of benzene rings is 2. The molecular formula is C30H42O6S2. The number of ether oxygens (including phenoxy) is 2. The summed E-state index contributed by atoms with van der Waals surface area (Å²) in [6.07, 6.45) is 3.79. The molecule has 0 unspecified atom stereocenters. The highest BCUT2D eigenvalue weighted by Crippen LogP contribution is 2.49. The van der Waals surface area contributed by atoms with Crippen LogP contribution in [0.2, 0.25) is 0 Å². The van der Waals surface area contributed by atoms with Gasteiger partial charge in [0, 0.05) is 12.8 Å². The normalized spacial score (nSPS) is 11.9. The third kappa shape index (κ3) is 8.60. The highest BCUT2D eigenvalue weighted by Gasteiger charge is 2.25. The van der Waals surface area contributed by atoms with Crippen molar-refractivity contribution in [2.75, 3.05) is 14.2 Å². The molecule has 0 saturated carbocycles. The van der Waals surface area contributed by atoms with Gasteiger partial charge in [-0.05, 0) is 106 Å². The van der Waals surface area contributed by atoms with Crippen LogP contribution in [0, 0.1) is 13.8 Å². The van der Waals surface area contributed by atoms with E-state index in [0.717, 1.165) is 44.9 Å². The molecule has 0 spiro atoms. The Morgan fingerprint density at radius 2 is 1.05 bits per heavy atom. The standard InChI is InChI=1S/C30H42O6S2/c1-19-15-21(29(3,4)13-9-11-25(31)35-7)17-23(27(19)33)37-38-24-18-22(16-20(2)28(24)34)30(5,6)14-10-12-26(32)36-8/h15-18,33-34H,9-14H2,1-8H3. The molecule has 2 N–H and O–H groups in total. The van der Waals surface area contributed by atoms with E-state index in [1.807, 2.05) is 38.1 Å². The van der Waals surface area contributed by atoms with Crippen LogP contribution in [0.25, 0.3) is 0 Å². The quantitative estimate of drug-likeness (QED) is 0.189. The summed E-state index contributed by atoms with van der Waals surface area (Å²) in [5.41, 5.74) is 3.35. The summed E-state index contributed by atoms with van der Waals surface area (Å²) >= 11 is 0. The van der Waals surface area contributed by atoms with Gasteiger partial charge in [-0.25, -0.2) is 0 Å². The van der Waals surface area contributed by atoms with Gasteiger partial charge in [0.15, 0.2) is 0 Å². The van der Waals surface area contributed by atoms with Crippen molar-refractivity contribution in [3.8, 4) is 11.5 Å². The maximum absolute atomic E-state index is 11.5. The van der Waals surface area contributed by atoms with E-state index < -0.39 is 0 Å². The second kappa shape index (κ2) is 13.7. The van der Waals surface area contributed by atoms with Crippen LogP contribution in [0.3, 0.4) is 0 Å². The van der Waals surface area contributed by atoms with Crippen molar-refractivity contribution < 1.29 is 29.3 Å². The van der Waals surface area contributed by atoms with Crippen LogP contribution < -0.4 is 0 Å². The van der Waals surface area contributed by atoms with E-state index in [0.29, 0.717) is 25.7 Å². The summed E-state index contributed by atoms with van der Waals surface area (Å²) in [4.78, 5) is 24.5. The van der Waals surface area contributed by atoms with Gasteiger partial charge >= 0.3 is 11.9 Å². The number of esters is 2. The lowest BCUT2D eigenvalue weighted by atomic mass is 9.79. The highest BCUT2D eigenvalue weighted by atomic mass is 33.1. The van der Waals surface area contributed by atoms with Crippen LogP contribution in [0.5, 0.6) is 11.5 Å². The van der Waals surface area contributed by atoms with E-state index >= 15 is 0 Å². The summed E-state index contributed by atoms with van der Waals surface area (Å²) in [6, 6.07) is 8.01. The van der Waals surface area contributed by atoms with Crippen molar-refractivity contribution in [1.29, 1.82) is 0 Å². The van der Waals surface area contributed by atoms with Crippen molar-refractivity contribution in [2.24, 2.45) is 0 Å². The molecule has 0 aliphatic carbocycles. The van der Waals surface area contributed by atoms with Crippen molar-refractivity contribution in [2.45, 2.75) is 101 Å². The van der Waals surface area contributed by atoms with E-state index in [2.05, 4.69) is 27.7 Å².